The molecular formula is C16H16BrF2NO. The number of aliphatic hydroxyl groups excluding tert-OH is 1. The molecule has 21 heavy (non-hydrogen) atoms. The third-order valence-corrected chi connectivity index (χ3v) is 4.18. The van der Waals surface area contributed by atoms with E-state index < -0.39 is 5.41 Å². The first-order valence-corrected chi connectivity index (χ1v) is 7.31. The number of halogens is 3. The Morgan fingerprint density at radius 1 is 1.10 bits per heavy atom. The number of hydrogen-bond acceptors (Lipinski definition) is 2. The molecule has 3 N–H and O–H groups in total. The molecule has 0 aliphatic carbocycles. The first kappa shape index (κ1) is 16.1. The van der Waals surface area contributed by atoms with Gasteiger partial charge < -0.3 is 10.8 Å². The van der Waals surface area contributed by atoms with Crippen LogP contribution in [0.1, 0.15) is 11.1 Å². The van der Waals surface area contributed by atoms with Gasteiger partial charge in [0.2, 0.25) is 0 Å². The van der Waals surface area contributed by atoms with Gasteiger partial charge in [-0.05, 0) is 47.9 Å². The predicted molar refractivity (Wildman–Crippen MR) is 82.0 cm³/mol. The molecule has 0 heterocycles. The lowest BCUT2D eigenvalue weighted by Gasteiger charge is -2.31. The van der Waals surface area contributed by atoms with Crippen LogP contribution < -0.4 is 5.73 Å². The van der Waals surface area contributed by atoms with Crippen LogP contribution in [0.3, 0.4) is 0 Å². The van der Waals surface area contributed by atoms with Crippen molar-refractivity contribution in [3.8, 4) is 0 Å². The number of nitrogens with two attached hydrogens (primary N) is 1. The van der Waals surface area contributed by atoms with Gasteiger partial charge in [-0.1, -0.05) is 28.1 Å². The Kier molecular flexibility index (Phi) is 5.08. The highest BCUT2D eigenvalue weighted by Crippen LogP contribution is 2.30. The molecule has 0 aliphatic heterocycles. The largest absolute Gasteiger partial charge is 0.395 e. The van der Waals surface area contributed by atoms with E-state index in [9.17, 15) is 13.9 Å². The van der Waals surface area contributed by atoms with Gasteiger partial charge >= 0.3 is 0 Å². The van der Waals surface area contributed by atoms with Gasteiger partial charge in [0.1, 0.15) is 11.6 Å². The standard InChI is InChI=1S/C16H16BrF2NO/c17-13-3-6-15(19)11(7-13)8-16(9-20,10-21)12-1-4-14(18)5-2-12/h1-7,21H,8-10,20H2. The van der Waals surface area contributed by atoms with E-state index in [1.165, 1.54) is 18.2 Å². The molecule has 2 rings (SSSR count). The Morgan fingerprint density at radius 2 is 1.76 bits per heavy atom. The quantitative estimate of drug-likeness (QED) is 0.865. The van der Waals surface area contributed by atoms with Gasteiger partial charge in [-0.25, -0.2) is 8.78 Å². The van der Waals surface area contributed by atoms with Gasteiger partial charge in [0.25, 0.3) is 0 Å². The highest BCUT2D eigenvalue weighted by atomic mass is 79.9. The van der Waals surface area contributed by atoms with Crippen molar-refractivity contribution < 1.29 is 13.9 Å². The van der Waals surface area contributed by atoms with Crippen LogP contribution in [0.2, 0.25) is 0 Å². The zero-order chi connectivity index (χ0) is 15.5. The van der Waals surface area contributed by atoms with Gasteiger partial charge in [-0.3, -0.25) is 0 Å². The van der Waals surface area contributed by atoms with Crippen LogP contribution in [-0.2, 0) is 11.8 Å². The molecule has 0 spiro atoms. The van der Waals surface area contributed by atoms with E-state index in [1.54, 1.807) is 24.3 Å². The maximum Gasteiger partial charge on any atom is 0.126 e. The zero-order valence-electron chi connectivity index (χ0n) is 11.3. The molecule has 0 aromatic heterocycles. The lowest BCUT2D eigenvalue weighted by Crippen LogP contribution is -2.41. The molecule has 0 saturated heterocycles. The second-order valence-corrected chi connectivity index (χ2v) is 5.98. The van der Waals surface area contributed by atoms with Crippen LogP contribution in [0.5, 0.6) is 0 Å². The molecule has 5 heteroatoms. The second-order valence-electron chi connectivity index (χ2n) is 5.06. The first-order chi connectivity index (χ1) is 10.0. The topological polar surface area (TPSA) is 46.2 Å². The summed E-state index contributed by atoms with van der Waals surface area (Å²) in [5, 5.41) is 9.81. The van der Waals surface area contributed by atoms with Gasteiger partial charge in [-0.15, -0.1) is 0 Å². The molecule has 1 unspecified atom stereocenters. The Hall–Kier alpha value is -1.30. The van der Waals surface area contributed by atoms with Crippen LogP contribution in [-0.4, -0.2) is 18.3 Å². The minimum atomic E-state index is -0.838. The average Bonchev–Trinajstić information content (AvgIpc) is 2.49. The lowest BCUT2D eigenvalue weighted by molar-refractivity contribution is 0.195. The second kappa shape index (κ2) is 6.64. The van der Waals surface area contributed by atoms with E-state index in [2.05, 4.69) is 15.9 Å². The Morgan fingerprint density at radius 3 is 2.33 bits per heavy atom. The smallest absolute Gasteiger partial charge is 0.126 e. The van der Waals surface area contributed by atoms with E-state index in [0.717, 1.165) is 4.47 Å². The third kappa shape index (κ3) is 3.48. The lowest BCUT2D eigenvalue weighted by atomic mass is 9.76. The number of aliphatic hydroxyl groups is 1. The average molecular weight is 356 g/mol. The summed E-state index contributed by atoms with van der Waals surface area (Å²) in [5.41, 5.74) is 6.14. The summed E-state index contributed by atoms with van der Waals surface area (Å²) in [6.07, 6.45) is 0.233. The van der Waals surface area contributed by atoms with Crippen molar-refractivity contribution in [3.05, 3.63) is 69.7 Å². The highest BCUT2D eigenvalue weighted by molar-refractivity contribution is 9.10. The number of hydrogen-bond donors (Lipinski definition) is 2. The summed E-state index contributed by atoms with van der Waals surface area (Å²) in [6.45, 7) is -0.123. The molecule has 112 valence electrons. The number of benzene rings is 2. The summed E-state index contributed by atoms with van der Waals surface area (Å²) in [5.74, 6) is -0.720. The van der Waals surface area contributed by atoms with Gasteiger partial charge in [0.15, 0.2) is 0 Å². The van der Waals surface area contributed by atoms with Crippen molar-refractivity contribution in [3.63, 3.8) is 0 Å². The molecule has 1 atom stereocenters. The van der Waals surface area contributed by atoms with Gasteiger partial charge in [0, 0.05) is 16.4 Å². The Labute approximate surface area is 130 Å². The molecular weight excluding hydrogens is 340 g/mol. The van der Waals surface area contributed by atoms with Crippen LogP contribution in [0.4, 0.5) is 8.78 Å². The molecule has 2 aromatic rings. The van der Waals surface area contributed by atoms with E-state index in [1.807, 2.05) is 0 Å². The molecule has 0 saturated carbocycles. The predicted octanol–water partition coefficient (Wildman–Crippen LogP) is 3.16. The normalized spacial score (nSPS) is 14.0. The van der Waals surface area contributed by atoms with E-state index >= 15 is 0 Å². The van der Waals surface area contributed by atoms with Crippen LogP contribution >= 0.6 is 15.9 Å². The van der Waals surface area contributed by atoms with E-state index in [0.29, 0.717) is 11.1 Å². The maximum absolute atomic E-state index is 13.9. The first-order valence-electron chi connectivity index (χ1n) is 6.52. The Balaban J connectivity index is 2.42. The summed E-state index contributed by atoms with van der Waals surface area (Å²) >= 11 is 3.30. The highest BCUT2D eigenvalue weighted by Gasteiger charge is 2.31. The van der Waals surface area contributed by atoms with Crippen molar-refractivity contribution in [2.24, 2.45) is 5.73 Å². The van der Waals surface area contributed by atoms with Crippen LogP contribution in [0.15, 0.2) is 46.9 Å². The monoisotopic (exact) mass is 355 g/mol. The fraction of sp³-hybridized carbons (Fsp3) is 0.250. The fourth-order valence-electron chi connectivity index (χ4n) is 2.35. The van der Waals surface area contributed by atoms with Crippen LogP contribution in [0, 0.1) is 11.6 Å². The SMILES string of the molecule is NCC(CO)(Cc1cc(Br)ccc1F)c1ccc(F)cc1. The van der Waals surface area contributed by atoms with E-state index in [4.69, 9.17) is 5.73 Å². The Bertz CT molecular complexity index is 612. The minimum absolute atomic E-state index is 0.126. The van der Waals surface area contributed by atoms with Gasteiger partial charge in [-0.2, -0.15) is 0 Å². The maximum atomic E-state index is 13.9. The van der Waals surface area contributed by atoms with Crippen LogP contribution in [0.25, 0.3) is 0 Å². The molecule has 2 nitrogen and oxygen atoms in total. The third-order valence-electron chi connectivity index (χ3n) is 3.69. The summed E-state index contributed by atoms with van der Waals surface area (Å²) in [4.78, 5) is 0. The van der Waals surface area contributed by atoms with Crippen molar-refractivity contribution in [2.45, 2.75) is 11.8 Å². The van der Waals surface area contributed by atoms with Crippen molar-refractivity contribution in [2.75, 3.05) is 13.2 Å². The number of rotatable bonds is 5. The summed E-state index contributed by atoms with van der Waals surface area (Å²) < 4.78 is 27.8. The van der Waals surface area contributed by atoms with Gasteiger partial charge in [0.05, 0.1) is 6.61 Å². The van der Waals surface area contributed by atoms with E-state index in [-0.39, 0.29) is 31.2 Å². The molecule has 2 aromatic carbocycles. The molecule has 0 amide bonds. The molecule has 0 radical (unpaired) electrons. The fourth-order valence-corrected chi connectivity index (χ4v) is 2.76. The zero-order valence-corrected chi connectivity index (χ0v) is 12.9. The molecule has 0 bridgehead atoms. The van der Waals surface area contributed by atoms with Crippen molar-refractivity contribution in [1.29, 1.82) is 0 Å². The summed E-state index contributed by atoms with van der Waals surface area (Å²) in [7, 11) is 0. The van der Waals surface area contributed by atoms with Crippen molar-refractivity contribution in [1.82, 2.24) is 0 Å². The molecule has 0 aliphatic rings. The minimum Gasteiger partial charge on any atom is -0.395 e. The van der Waals surface area contributed by atoms with Crippen molar-refractivity contribution >= 4 is 15.9 Å². The molecule has 0 fully saturated rings. The summed E-state index contributed by atoms with van der Waals surface area (Å²) in [6, 6.07) is 10.4.